The lowest BCUT2D eigenvalue weighted by Crippen LogP contribution is -2.28. The molecule has 0 aliphatic heterocycles. The van der Waals surface area contributed by atoms with Crippen LogP contribution in [0, 0.1) is 6.92 Å². The zero-order chi connectivity index (χ0) is 21.3. The first-order valence-corrected chi connectivity index (χ1v) is 10.5. The normalized spacial score (nSPS) is 10.6. The van der Waals surface area contributed by atoms with Crippen LogP contribution in [0.5, 0.6) is 0 Å². The number of aliphatic hydroxyl groups is 1. The van der Waals surface area contributed by atoms with E-state index in [1.54, 1.807) is 4.57 Å². The van der Waals surface area contributed by atoms with E-state index in [9.17, 15) is 14.7 Å². The van der Waals surface area contributed by atoms with Gasteiger partial charge in [-0.1, -0.05) is 59.8 Å². The number of rotatable bonds is 9. The summed E-state index contributed by atoms with van der Waals surface area (Å²) in [6.45, 7) is 2.18. The first-order chi connectivity index (χ1) is 14.5. The Morgan fingerprint density at radius 1 is 1.07 bits per heavy atom. The second-order valence-electron chi connectivity index (χ2n) is 6.74. The van der Waals surface area contributed by atoms with Crippen molar-refractivity contribution in [2.24, 2.45) is 0 Å². The summed E-state index contributed by atoms with van der Waals surface area (Å²) in [7, 11) is 0. The van der Waals surface area contributed by atoms with E-state index in [4.69, 9.17) is 0 Å². The average Bonchev–Trinajstić information content (AvgIpc) is 3.14. The molecule has 0 saturated carbocycles. The van der Waals surface area contributed by atoms with Gasteiger partial charge < -0.3 is 20.3 Å². The third-order valence-electron chi connectivity index (χ3n) is 4.37. The molecule has 1 heterocycles. The molecule has 0 bridgehead atoms. The molecule has 0 saturated heterocycles. The number of imidazole rings is 1. The number of hydrogen-bond donors (Lipinski definition) is 3. The number of carbonyl (C=O) groups is 2. The third kappa shape index (κ3) is 6.20. The molecule has 3 rings (SSSR count). The largest absolute Gasteiger partial charge is 0.390 e. The van der Waals surface area contributed by atoms with Crippen LogP contribution < -0.4 is 10.6 Å². The van der Waals surface area contributed by atoms with Gasteiger partial charge in [0.25, 0.3) is 0 Å². The van der Waals surface area contributed by atoms with Gasteiger partial charge in [-0.3, -0.25) is 9.59 Å². The zero-order valence-corrected chi connectivity index (χ0v) is 17.5. The van der Waals surface area contributed by atoms with Gasteiger partial charge in [0, 0.05) is 12.2 Å². The third-order valence-corrected chi connectivity index (χ3v) is 5.36. The lowest BCUT2D eigenvalue weighted by Gasteiger charge is -2.11. The van der Waals surface area contributed by atoms with Gasteiger partial charge in [0.15, 0.2) is 5.16 Å². The topological polar surface area (TPSA) is 96.2 Å². The molecule has 8 heteroatoms. The summed E-state index contributed by atoms with van der Waals surface area (Å²) < 4.78 is 1.63. The Morgan fingerprint density at radius 3 is 2.50 bits per heavy atom. The molecule has 30 heavy (non-hydrogen) atoms. The number of carbonyl (C=O) groups excluding carboxylic acids is 2. The van der Waals surface area contributed by atoms with E-state index >= 15 is 0 Å². The lowest BCUT2D eigenvalue weighted by atomic mass is 10.2. The van der Waals surface area contributed by atoms with E-state index in [2.05, 4.69) is 15.6 Å². The van der Waals surface area contributed by atoms with Crippen LogP contribution in [0.4, 0.5) is 5.69 Å². The SMILES string of the molecule is Cc1ccc(NC(=O)CSc2ncc(CO)n2CC(=O)NCc2ccccc2)cc1. The van der Waals surface area contributed by atoms with Crippen molar-refractivity contribution in [1.29, 1.82) is 0 Å². The fourth-order valence-corrected chi connectivity index (χ4v) is 3.56. The maximum absolute atomic E-state index is 12.4. The van der Waals surface area contributed by atoms with Crippen LogP contribution in [0.1, 0.15) is 16.8 Å². The van der Waals surface area contributed by atoms with Crippen LogP contribution >= 0.6 is 11.8 Å². The number of thioether (sulfide) groups is 1. The van der Waals surface area contributed by atoms with Gasteiger partial charge in [-0.15, -0.1) is 0 Å². The molecule has 0 fully saturated rings. The first-order valence-electron chi connectivity index (χ1n) is 9.50. The van der Waals surface area contributed by atoms with Gasteiger partial charge in [-0.05, 0) is 24.6 Å². The highest BCUT2D eigenvalue weighted by atomic mass is 32.2. The minimum absolute atomic E-state index is 0.0185. The van der Waals surface area contributed by atoms with Crippen molar-refractivity contribution in [2.75, 3.05) is 11.1 Å². The van der Waals surface area contributed by atoms with E-state index in [1.807, 2.05) is 61.5 Å². The molecular formula is C22H24N4O3S. The quantitative estimate of drug-likeness (QED) is 0.459. The molecule has 0 aliphatic carbocycles. The Labute approximate surface area is 179 Å². The van der Waals surface area contributed by atoms with Crippen LogP contribution in [-0.4, -0.2) is 32.2 Å². The second-order valence-corrected chi connectivity index (χ2v) is 7.68. The van der Waals surface area contributed by atoms with Crippen molar-refractivity contribution in [3.05, 3.63) is 77.6 Å². The summed E-state index contributed by atoms with van der Waals surface area (Å²) in [6.07, 6.45) is 1.52. The Bertz CT molecular complexity index is 987. The van der Waals surface area contributed by atoms with E-state index < -0.39 is 0 Å². The Balaban J connectivity index is 1.56. The van der Waals surface area contributed by atoms with Crippen LogP contribution in [0.2, 0.25) is 0 Å². The molecule has 0 radical (unpaired) electrons. The standard InChI is InChI=1S/C22H24N4O3S/c1-16-7-9-18(10-8-16)25-21(29)15-30-22-24-12-19(14-27)26(22)13-20(28)23-11-17-5-3-2-4-6-17/h2-10,12,27H,11,13-15H2,1H3,(H,23,28)(H,25,29). The molecule has 2 aromatic carbocycles. The lowest BCUT2D eigenvalue weighted by molar-refractivity contribution is -0.122. The van der Waals surface area contributed by atoms with E-state index in [0.29, 0.717) is 17.4 Å². The predicted molar refractivity (Wildman–Crippen MR) is 117 cm³/mol. The van der Waals surface area contributed by atoms with E-state index in [1.165, 1.54) is 18.0 Å². The van der Waals surface area contributed by atoms with Gasteiger partial charge in [0.2, 0.25) is 11.8 Å². The van der Waals surface area contributed by atoms with Crippen molar-refractivity contribution in [1.82, 2.24) is 14.9 Å². The molecule has 1 aromatic heterocycles. The molecule has 0 unspecified atom stereocenters. The Morgan fingerprint density at radius 2 is 1.80 bits per heavy atom. The number of aromatic nitrogens is 2. The minimum atomic E-state index is -0.241. The first kappa shape index (κ1) is 21.6. The molecule has 2 amide bonds. The molecule has 0 atom stereocenters. The number of aliphatic hydroxyl groups excluding tert-OH is 1. The fraction of sp³-hybridized carbons (Fsp3) is 0.227. The van der Waals surface area contributed by atoms with E-state index in [0.717, 1.165) is 16.8 Å². The van der Waals surface area contributed by atoms with Gasteiger partial charge in [-0.2, -0.15) is 0 Å². The summed E-state index contributed by atoms with van der Waals surface area (Å²) in [5.74, 6) is -0.225. The van der Waals surface area contributed by atoms with E-state index in [-0.39, 0.29) is 30.7 Å². The Hall–Kier alpha value is -3.10. The number of hydrogen-bond acceptors (Lipinski definition) is 5. The van der Waals surface area contributed by atoms with Crippen LogP contribution in [0.25, 0.3) is 0 Å². The molecule has 3 aromatic rings. The van der Waals surface area contributed by atoms with Gasteiger partial charge in [-0.25, -0.2) is 4.98 Å². The molecule has 3 N–H and O–H groups in total. The fourth-order valence-electron chi connectivity index (χ4n) is 2.76. The summed E-state index contributed by atoms with van der Waals surface area (Å²) in [4.78, 5) is 28.9. The van der Waals surface area contributed by atoms with Gasteiger partial charge in [0.1, 0.15) is 6.54 Å². The second kappa shape index (κ2) is 10.6. The van der Waals surface area contributed by atoms with Crippen LogP contribution in [0.15, 0.2) is 66.0 Å². The molecular weight excluding hydrogens is 400 g/mol. The summed E-state index contributed by atoms with van der Waals surface area (Å²) in [5.41, 5.74) is 3.37. The van der Waals surface area contributed by atoms with Crippen molar-refractivity contribution in [3.63, 3.8) is 0 Å². The van der Waals surface area contributed by atoms with Crippen molar-refractivity contribution in [2.45, 2.75) is 31.8 Å². The van der Waals surface area contributed by atoms with Crippen molar-refractivity contribution in [3.8, 4) is 0 Å². The predicted octanol–water partition coefficient (Wildman–Crippen LogP) is 2.73. The van der Waals surface area contributed by atoms with Crippen LogP contribution in [-0.2, 0) is 29.3 Å². The van der Waals surface area contributed by atoms with Crippen molar-refractivity contribution >= 4 is 29.3 Å². The maximum Gasteiger partial charge on any atom is 0.240 e. The molecule has 0 aliphatic rings. The average molecular weight is 425 g/mol. The maximum atomic E-state index is 12.4. The summed E-state index contributed by atoms with van der Waals surface area (Å²) in [5, 5.41) is 15.8. The summed E-state index contributed by atoms with van der Waals surface area (Å²) in [6, 6.07) is 17.2. The van der Waals surface area contributed by atoms with Gasteiger partial charge >= 0.3 is 0 Å². The number of benzene rings is 2. The smallest absolute Gasteiger partial charge is 0.240 e. The zero-order valence-electron chi connectivity index (χ0n) is 16.7. The van der Waals surface area contributed by atoms with Gasteiger partial charge in [0.05, 0.1) is 24.3 Å². The highest BCUT2D eigenvalue weighted by Gasteiger charge is 2.15. The number of aryl methyl sites for hydroxylation is 1. The number of nitrogens with zero attached hydrogens (tertiary/aromatic N) is 2. The monoisotopic (exact) mass is 424 g/mol. The summed E-state index contributed by atoms with van der Waals surface area (Å²) >= 11 is 1.22. The number of anilines is 1. The number of nitrogens with one attached hydrogen (secondary N) is 2. The Kier molecular flexibility index (Phi) is 7.64. The molecule has 156 valence electrons. The highest BCUT2D eigenvalue weighted by molar-refractivity contribution is 7.99. The molecule has 0 spiro atoms. The molecule has 7 nitrogen and oxygen atoms in total. The van der Waals surface area contributed by atoms with Crippen molar-refractivity contribution < 1.29 is 14.7 Å². The highest BCUT2D eigenvalue weighted by Crippen LogP contribution is 2.19. The minimum Gasteiger partial charge on any atom is -0.390 e. The number of amides is 2. The van der Waals surface area contributed by atoms with Crippen LogP contribution in [0.3, 0.4) is 0 Å².